The van der Waals surface area contributed by atoms with Crippen LogP contribution in [-0.2, 0) is 0 Å². The van der Waals surface area contributed by atoms with E-state index in [2.05, 4.69) is 19.2 Å². The lowest BCUT2D eigenvalue weighted by Gasteiger charge is -2.11. The van der Waals surface area contributed by atoms with Crippen LogP contribution in [0.4, 0.5) is 5.69 Å². The van der Waals surface area contributed by atoms with Crippen LogP contribution in [0.25, 0.3) is 0 Å². The number of ether oxygens (including phenoxy) is 1. The number of hydrogen-bond donors (Lipinski definition) is 2. The van der Waals surface area contributed by atoms with Gasteiger partial charge in [-0.1, -0.05) is 13.8 Å². The lowest BCUT2D eigenvalue weighted by atomic mass is 10.1. The summed E-state index contributed by atoms with van der Waals surface area (Å²) in [4.78, 5) is 10.9. The number of benzene rings is 1. The molecule has 0 aromatic heterocycles. The van der Waals surface area contributed by atoms with E-state index in [0.29, 0.717) is 24.0 Å². The van der Waals surface area contributed by atoms with Crippen molar-refractivity contribution in [3.8, 4) is 5.75 Å². The van der Waals surface area contributed by atoms with Crippen LogP contribution in [0.5, 0.6) is 5.75 Å². The van der Waals surface area contributed by atoms with Gasteiger partial charge in [-0.05, 0) is 24.5 Å². The van der Waals surface area contributed by atoms with Crippen LogP contribution in [0.15, 0.2) is 18.2 Å². The zero-order chi connectivity index (χ0) is 12.8. The van der Waals surface area contributed by atoms with Crippen molar-refractivity contribution in [3.05, 3.63) is 23.8 Å². The third kappa shape index (κ3) is 3.98. The number of carbonyl (C=O) groups is 1. The molecule has 1 rings (SSSR count). The molecule has 0 aliphatic rings. The Hall–Kier alpha value is -1.71. The van der Waals surface area contributed by atoms with Crippen molar-refractivity contribution in [2.75, 3.05) is 19.0 Å². The first-order valence-electron chi connectivity index (χ1n) is 5.72. The molecule has 0 atom stereocenters. The smallest absolute Gasteiger partial charge is 0.337 e. The van der Waals surface area contributed by atoms with Crippen molar-refractivity contribution in [2.45, 2.75) is 20.3 Å². The van der Waals surface area contributed by atoms with Crippen LogP contribution < -0.4 is 10.1 Å². The average Bonchev–Trinajstić information content (AvgIpc) is 2.28. The van der Waals surface area contributed by atoms with Gasteiger partial charge in [-0.15, -0.1) is 0 Å². The van der Waals surface area contributed by atoms with Crippen LogP contribution in [0, 0.1) is 5.92 Å². The topological polar surface area (TPSA) is 58.6 Å². The molecule has 0 aliphatic heterocycles. The molecule has 0 radical (unpaired) electrons. The van der Waals surface area contributed by atoms with E-state index in [1.165, 1.54) is 0 Å². The fraction of sp³-hybridized carbons (Fsp3) is 0.462. The Morgan fingerprint density at radius 3 is 2.71 bits per heavy atom. The number of rotatable bonds is 6. The first kappa shape index (κ1) is 13.4. The molecule has 0 saturated carbocycles. The summed E-state index contributed by atoms with van der Waals surface area (Å²) in [7, 11) is 1.69. The van der Waals surface area contributed by atoms with Gasteiger partial charge in [0.15, 0.2) is 0 Å². The zero-order valence-electron chi connectivity index (χ0n) is 10.5. The van der Waals surface area contributed by atoms with E-state index in [-0.39, 0.29) is 5.56 Å². The number of carboxylic acid groups (broad SMARTS) is 1. The zero-order valence-corrected chi connectivity index (χ0v) is 10.5. The van der Waals surface area contributed by atoms with Gasteiger partial charge in [0.05, 0.1) is 17.9 Å². The molecule has 4 heteroatoms. The number of carboxylic acids is 1. The van der Waals surface area contributed by atoms with E-state index in [9.17, 15) is 4.79 Å². The normalized spacial score (nSPS) is 10.4. The SMILES string of the molecule is CNc1cc(OCCC(C)C)ccc1C(=O)O. The minimum atomic E-state index is -0.942. The predicted octanol–water partition coefficient (Wildman–Crippen LogP) is 2.85. The van der Waals surface area contributed by atoms with E-state index in [0.717, 1.165) is 6.42 Å². The summed E-state index contributed by atoms with van der Waals surface area (Å²) in [6, 6.07) is 4.95. The highest BCUT2D eigenvalue weighted by Gasteiger charge is 2.09. The van der Waals surface area contributed by atoms with Crippen LogP contribution in [0.3, 0.4) is 0 Å². The van der Waals surface area contributed by atoms with Gasteiger partial charge in [-0.25, -0.2) is 4.79 Å². The Balaban J connectivity index is 2.72. The van der Waals surface area contributed by atoms with Crippen molar-refractivity contribution in [1.29, 1.82) is 0 Å². The molecular formula is C13H19NO3. The second-order valence-electron chi connectivity index (χ2n) is 4.29. The summed E-state index contributed by atoms with van der Waals surface area (Å²) in [5.41, 5.74) is 0.822. The second-order valence-corrected chi connectivity index (χ2v) is 4.29. The predicted molar refractivity (Wildman–Crippen MR) is 67.9 cm³/mol. The molecule has 0 spiro atoms. The maximum Gasteiger partial charge on any atom is 0.337 e. The van der Waals surface area contributed by atoms with Gasteiger partial charge in [0.1, 0.15) is 5.75 Å². The van der Waals surface area contributed by atoms with Crippen molar-refractivity contribution in [1.82, 2.24) is 0 Å². The van der Waals surface area contributed by atoms with E-state index in [1.54, 1.807) is 25.2 Å². The second kappa shape index (κ2) is 6.13. The molecule has 0 amide bonds. The third-order valence-electron chi connectivity index (χ3n) is 2.45. The molecule has 0 unspecified atom stereocenters. The Kier molecular flexibility index (Phi) is 4.82. The Labute approximate surface area is 102 Å². The molecule has 4 nitrogen and oxygen atoms in total. The Morgan fingerprint density at radius 2 is 2.18 bits per heavy atom. The molecular weight excluding hydrogens is 218 g/mol. The average molecular weight is 237 g/mol. The Bertz CT molecular complexity index is 388. The van der Waals surface area contributed by atoms with Gasteiger partial charge >= 0.3 is 5.97 Å². The van der Waals surface area contributed by atoms with Crippen molar-refractivity contribution in [3.63, 3.8) is 0 Å². The van der Waals surface area contributed by atoms with Gasteiger partial charge in [-0.3, -0.25) is 0 Å². The molecule has 17 heavy (non-hydrogen) atoms. The van der Waals surface area contributed by atoms with Crippen molar-refractivity contribution >= 4 is 11.7 Å². The van der Waals surface area contributed by atoms with E-state index in [4.69, 9.17) is 9.84 Å². The molecule has 1 aromatic rings. The van der Waals surface area contributed by atoms with Gasteiger partial charge in [-0.2, -0.15) is 0 Å². The lowest BCUT2D eigenvalue weighted by Crippen LogP contribution is -2.05. The van der Waals surface area contributed by atoms with Crippen LogP contribution >= 0.6 is 0 Å². The molecule has 0 fully saturated rings. The summed E-state index contributed by atoms with van der Waals surface area (Å²) in [6.45, 7) is 4.92. The van der Waals surface area contributed by atoms with Gasteiger partial charge < -0.3 is 15.2 Å². The number of hydrogen-bond acceptors (Lipinski definition) is 3. The van der Waals surface area contributed by atoms with Crippen LogP contribution in [0.2, 0.25) is 0 Å². The number of anilines is 1. The van der Waals surface area contributed by atoms with Crippen molar-refractivity contribution in [2.24, 2.45) is 5.92 Å². The molecule has 94 valence electrons. The fourth-order valence-electron chi connectivity index (χ4n) is 1.42. The minimum Gasteiger partial charge on any atom is -0.494 e. The lowest BCUT2D eigenvalue weighted by molar-refractivity contribution is 0.0698. The molecule has 0 aliphatic carbocycles. The first-order chi connectivity index (χ1) is 8.04. The molecule has 2 N–H and O–H groups in total. The van der Waals surface area contributed by atoms with Gasteiger partial charge in [0.25, 0.3) is 0 Å². The van der Waals surface area contributed by atoms with E-state index >= 15 is 0 Å². The summed E-state index contributed by atoms with van der Waals surface area (Å²) in [6.07, 6.45) is 0.982. The Morgan fingerprint density at radius 1 is 1.47 bits per heavy atom. The monoisotopic (exact) mass is 237 g/mol. The number of nitrogens with one attached hydrogen (secondary N) is 1. The minimum absolute atomic E-state index is 0.253. The summed E-state index contributed by atoms with van der Waals surface area (Å²) in [5, 5.41) is 11.8. The highest BCUT2D eigenvalue weighted by Crippen LogP contribution is 2.22. The van der Waals surface area contributed by atoms with Crippen LogP contribution in [-0.4, -0.2) is 24.7 Å². The van der Waals surface area contributed by atoms with E-state index in [1.807, 2.05) is 0 Å². The molecule has 1 aromatic carbocycles. The largest absolute Gasteiger partial charge is 0.494 e. The highest BCUT2D eigenvalue weighted by atomic mass is 16.5. The van der Waals surface area contributed by atoms with Crippen LogP contribution in [0.1, 0.15) is 30.6 Å². The summed E-state index contributed by atoms with van der Waals surface area (Å²) < 4.78 is 5.56. The molecule has 0 bridgehead atoms. The standard InChI is InChI=1S/C13H19NO3/c1-9(2)6-7-17-10-4-5-11(13(15)16)12(8-10)14-3/h4-5,8-9,14H,6-7H2,1-3H3,(H,15,16). The highest BCUT2D eigenvalue weighted by molar-refractivity contribution is 5.94. The van der Waals surface area contributed by atoms with Gasteiger partial charge in [0.2, 0.25) is 0 Å². The number of aromatic carboxylic acids is 1. The fourth-order valence-corrected chi connectivity index (χ4v) is 1.42. The summed E-state index contributed by atoms with van der Waals surface area (Å²) >= 11 is 0. The first-order valence-corrected chi connectivity index (χ1v) is 5.72. The third-order valence-corrected chi connectivity index (χ3v) is 2.45. The van der Waals surface area contributed by atoms with Gasteiger partial charge in [0, 0.05) is 13.1 Å². The maximum atomic E-state index is 10.9. The summed E-state index contributed by atoms with van der Waals surface area (Å²) in [5.74, 6) is 0.347. The molecule has 0 saturated heterocycles. The molecule has 0 heterocycles. The van der Waals surface area contributed by atoms with Crippen molar-refractivity contribution < 1.29 is 14.6 Å². The quantitative estimate of drug-likeness (QED) is 0.798. The van der Waals surface area contributed by atoms with E-state index < -0.39 is 5.97 Å². The maximum absolute atomic E-state index is 10.9.